The van der Waals surface area contributed by atoms with Crippen LogP contribution in [-0.2, 0) is 11.4 Å². The van der Waals surface area contributed by atoms with E-state index in [1.165, 1.54) is 29.2 Å². The van der Waals surface area contributed by atoms with Gasteiger partial charge in [-0.3, -0.25) is 19.8 Å². The van der Waals surface area contributed by atoms with Gasteiger partial charge in [-0.2, -0.15) is 0 Å². The fourth-order valence-corrected chi connectivity index (χ4v) is 3.44. The van der Waals surface area contributed by atoms with Crippen molar-refractivity contribution in [3.8, 4) is 11.5 Å². The Morgan fingerprint density at radius 3 is 2.39 bits per heavy atom. The number of nitro benzene ring substituents is 1. The fourth-order valence-electron chi connectivity index (χ4n) is 3.14. The molecule has 1 N–H and O–H groups in total. The first-order valence-electron chi connectivity index (χ1n) is 10.0. The van der Waals surface area contributed by atoms with E-state index in [0.717, 1.165) is 0 Å². The summed E-state index contributed by atoms with van der Waals surface area (Å²) in [4.78, 5) is 24.5. The van der Waals surface area contributed by atoms with Crippen molar-refractivity contribution in [3.05, 3.63) is 88.0 Å². The highest BCUT2D eigenvalue weighted by molar-refractivity contribution is 7.80. The van der Waals surface area contributed by atoms with Gasteiger partial charge in [-0.05, 0) is 67.7 Å². The van der Waals surface area contributed by atoms with Crippen LogP contribution in [0.5, 0.6) is 11.5 Å². The maximum Gasteiger partial charge on any atom is 0.281 e. The van der Waals surface area contributed by atoms with Crippen molar-refractivity contribution in [2.75, 3.05) is 11.5 Å². The summed E-state index contributed by atoms with van der Waals surface area (Å²) in [6, 6.07) is 16.3. The molecule has 1 fully saturated rings. The smallest absolute Gasteiger partial charge is 0.281 e. The Morgan fingerprint density at radius 2 is 1.73 bits per heavy atom. The van der Waals surface area contributed by atoms with Crippen LogP contribution in [0.2, 0.25) is 0 Å². The summed E-state index contributed by atoms with van der Waals surface area (Å²) >= 11 is 5.33. The number of nitrogens with zero attached hydrogens (tertiary/aromatic N) is 2. The molecule has 1 saturated heterocycles. The molecular weight excluding hydrogens is 446 g/mol. The van der Waals surface area contributed by atoms with E-state index in [-0.39, 0.29) is 29.0 Å². The Bertz CT molecular complexity index is 1220. The maximum atomic E-state index is 12.9. The molecule has 10 heteroatoms. The SMILES string of the molecule is CCOc1ccc(N2C(=O)/C(=C\c3ccc(COc4ccc([N+](=O)[O-])cc4)o3)NC2=S)cc1. The predicted molar refractivity (Wildman–Crippen MR) is 125 cm³/mol. The third-order valence-electron chi connectivity index (χ3n) is 4.68. The van der Waals surface area contributed by atoms with Crippen LogP contribution in [-0.4, -0.2) is 22.5 Å². The molecule has 0 spiro atoms. The summed E-state index contributed by atoms with van der Waals surface area (Å²) < 4.78 is 16.7. The minimum Gasteiger partial charge on any atom is -0.494 e. The Labute approximate surface area is 194 Å². The van der Waals surface area contributed by atoms with Gasteiger partial charge in [0.2, 0.25) is 0 Å². The number of ether oxygens (including phenoxy) is 2. The first kappa shape index (κ1) is 22.0. The molecule has 0 atom stereocenters. The Morgan fingerprint density at radius 1 is 1.06 bits per heavy atom. The van der Waals surface area contributed by atoms with Crippen molar-refractivity contribution in [3.63, 3.8) is 0 Å². The van der Waals surface area contributed by atoms with Crippen molar-refractivity contribution < 1.29 is 23.6 Å². The van der Waals surface area contributed by atoms with Crippen molar-refractivity contribution in [2.45, 2.75) is 13.5 Å². The highest BCUT2D eigenvalue weighted by Gasteiger charge is 2.32. The van der Waals surface area contributed by atoms with Crippen molar-refractivity contribution >= 4 is 40.7 Å². The number of hydrogen-bond acceptors (Lipinski definition) is 7. The normalized spacial score (nSPS) is 14.5. The van der Waals surface area contributed by atoms with E-state index in [0.29, 0.717) is 35.3 Å². The van der Waals surface area contributed by atoms with Gasteiger partial charge >= 0.3 is 0 Å². The average molecular weight is 465 g/mol. The minimum absolute atomic E-state index is 0.0137. The second kappa shape index (κ2) is 9.53. The summed E-state index contributed by atoms with van der Waals surface area (Å²) in [6.45, 7) is 2.58. The van der Waals surface area contributed by atoms with Crippen LogP contribution in [0.4, 0.5) is 11.4 Å². The number of amides is 1. The molecule has 1 aromatic heterocycles. The number of nitrogens with one attached hydrogen (secondary N) is 1. The van der Waals surface area contributed by atoms with Gasteiger partial charge in [0, 0.05) is 18.2 Å². The van der Waals surface area contributed by atoms with E-state index < -0.39 is 4.92 Å². The third-order valence-corrected chi connectivity index (χ3v) is 4.97. The van der Waals surface area contributed by atoms with E-state index in [2.05, 4.69) is 5.32 Å². The Kier molecular flexibility index (Phi) is 6.36. The molecule has 0 aliphatic carbocycles. The number of hydrogen-bond donors (Lipinski definition) is 1. The number of furan rings is 1. The number of anilines is 1. The number of non-ortho nitro benzene ring substituents is 1. The van der Waals surface area contributed by atoms with Crippen LogP contribution >= 0.6 is 12.2 Å². The summed E-state index contributed by atoms with van der Waals surface area (Å²) in [5.41, 5.74) is 0.896. The number of benzene rings is 2. The molecule has 1 aliphatic rings. The van der Waals surface area contributed by atoms with Gasteiger partial charge in [0.15, 0.2) is 5.11 Å². The first-order valence-corrected chi connectivity index (χ1v) is 10.4. The van der Waals surface area contributed by atoms with E-state index in [4.69, 9.17) is 26.1 Å². The lowest BCUT2D eigenvalue weighted by molar-refractivity contribution is -0.384. The van der Waals surface area contributed by atoms with Gasteiger partial charge in [0.1, 0.15) is 35.3 Å². The quantitative estimate of drug-likeness (QED) is 0.225. The molecule has 0 saturated carbocycles. The van der Waals surface area contributed by atoms with Crippen LogP contribution in [0.1, 0.15) is 18.4 Å². The molecule has 2 aromatic carbocycles. The van der Waals surface area contributed by atoms with Crippen LogP contribution in [0.15, 0.2) is 70.8 Å². The highest BCUT2D eigenvalue weighted by Crippen LogP contribution is 2.25. The third kappa shape index (κ3) is 5.01. The predicted octanol–water partition coefficient (Wildman–Crippen LogP) is 4.43. The Hall–Kier alpha value is -4.18. The monoisotopic (exact) mass is 465 g/mol. The highest BCUT2D eigenvalue weighted by atomic mass is 32.1. The molecule has 3 aromatic rings. The largest absolute Gasteiger partial charge is 0.494 e. The van der Waals surface area contributed by atoms with Crippen LogP contribution in [0, 0.1) is 10.1 Å². The number of nitro groups is 1. The first-order chi connectivity index (χ1) is 15.9. The van der Waals surface area contributed by atoms with Gasteiger partial charge in [0.05, 0.1) is 17.2 Å². The summed E-state index contributed by atoms with van der Waals surface area (Å²) in [5.74, 6) is 1.85. The van der Waals surface area contributed by atoms with E-state index in [9.17, 15) is 14.9 Å². The summed E-state index contributed by atoms with van der Waals surface area (Å²) in [5, 5.41) is 13.9. The topological polar surface area (TPSA) is 107 Å². The standard InChI is InChI=1S/C23H19N3O6S/c1-2-30-17-7-3-15(4-8-17)25-22(27)21(24-23(25)33)13-19-11-12-20(32-19)14-31-18-9-5-16(6-10-18)26(28)29/h3-13H,2,14H2,1H3,(H,24,33)/b21-13+. The van der Waals surface area contributed by atoms with Gasteiger partial charge in [-0.15, -0.1) is 0 Å². The molecule has 0 bridgehead atoms. The van der Waals surface area contributed by atoms with Crippen LogP contribution in [0.25, 0.3) is 6.08 Å². The molecule has 33 heavy (non-hydrogen) atoms. The maximum absolute atomic E-state index is 12.9. The summed E-state index contributed by atoms with van der Waals surface area (Å²) in [7, 11) is 0. The van der Waals surface area contributed by atoms with Crippen LogP contribution < -0.4 is 19.7 Å². The van der Waals surface area contributed by atoms with E-state index >= 15 is 0 Å². The number of carbonyl (C=O) groups excluding carboxylic acids is 1. The van der Waals surface area contributed by atoms with Gasteiger partial charge in [0.25, 0.3) is 11.6 Å². The zero-order valence-electron chi connectivity index (χ0n) is 17.5. The molecule has 1 aliphatic heterocycles. The number of thiocarbonyl (C=S) groups is 1. The van der Waals surface area contributed by atoms with Gasteiger partial charge < -0.3 is 19.2 Å². The van der Waals surface area contributed by atoms with E-state index in [1.54, 1.807) is 42.5 Å². The van der Waals surface area contributed by atoms with E-state index in [1.807, 2.05) is 6.92 Å². The fraction of sp³-hybridized carbons (Fsp3) is 0.130. The van der Waals surface area contributed by atoms with Crippen molar-refractivity contribution in [2.24, 2.45) is 0 Å². The molecule has 0 radical (unpaired) electrons. The number of carbonyl (C=O) groups is 1. The Balaban J connectivity index is 1.41. The molecule has 9 nitrogen and oxygen atoms in total. The van der Waals surface area contributed by atoms with Crippen LogP contribution in [0.3, 0.4) is 0 Å². The van der Waals surface area contributed by atoms with Gasteiger partial charge in [-0.1, -0.05) is 0 Å². The lowest BCUT2D eigenvalue weighted by atomic mass is 10.2. The molecule has 2 heterocycles. The summed E-state index contributed by atoms with van der Waals surface area (Å²) in [6.07, 6.45) is 1.57. The zero-order chi connectivity index (χ0) is 23.4. The molecule has 168 valence electrons. The lowest BCUT2D eigenvalue weighted by Gasteiger charge is -2.14. The minimum atomic E-state index is -0.475. The molecular formula is C23H19N3O6S. The zero-order valence-corrected chi connectivity index (χ0v) is 18.3. The lowest BCUT2D eigenvalue weighted by Crippen LogP contribution is -2.30. The second-order valence-electron chi connectivity index (χ2n) is 6.90. The molecule has 0 unspecified atom stereocenters. The van der Waals surface area contributed by atoms with Crippen molar-refractivity contribution in [1.82, 2.24) is 5.32 Å². The van der Waals surface area contributed by atoms with Gasteiger partial charge in [-0.25, -0.2) is 0 Å². The van der Waals surface area contributed by atoms with Crippen molar-refractivity contribution in [1.29, 1.82) is 0 Å². The second-order valence-corrected chi connectivity index (χ2v) is 7.29. The number of rotatable bonds is 8. The molecule has 1 amide bonds. The average Bonchev–Trinajstić information content (AvgIpc) is 3.37. The molecule has 4 rings (SSSR count).